The average molecular weight is 606 g/mol. The Balaban J connectivity index is -0.0000000300. The Kier molecular flexibility index (Phi) is 40.7. The zero-order chi connectivity index (χ0) is 7.15. The van der Waals surface area contributed by atoms with Gasteiger partial charge in [0.25, 0.3) is 0 Å². The molecule has 0 rings (SSSR count). The Labute approximate surface area is 111 Å². The third-order valence-electron chi connectivity index (χ3n) is 0. The third kappa shape index (κ3) is 137. The molecule has 10 heavy (non-hydrogen) atoms. The van der Waals surface area contributed by atoms with Crippen LogP contribution in [0.5, 0.6) is 0 Å². The predicted octanol–water partition coefficient (Wildman–Crippen LogP) is -5.76. The second-order valence-electron chi connectivity index (χ2n) is 0.500. The molecule has 0 fully saturated rings. The molecule has 0 aliphatic carbocycles. The number of hydrogen-bond donors (Lipinski definition) is 0. The van der Waals surface area contributed by atoms with Gasteiger partial charge in [0.15, 0.2) is 0 Å². The van der Waals surface area contributed by atoms with Crippen molar-refractivity contribution in [2.45, 2.75) is 0 Å². The van der Waals surface area contributed by atoms with Crippen LogP contribution in [0.1, 0.15) is 0 Å². The third-order valence-corrected chi connectivity index (χ3v) is 0. The fourth-order valence-corrected chi connectivity index (χ4v) is 0. The molecular formula is O6Pb2Ti2. The van der Waals surface area contributed by atoms with Crippen LogP contribution in [0.15, 0.2) is 0 Å². The normalized spacial score (nSPS) is 5.20. The predicted molar refractivity (Wildman–Crippen MR) is 12.9 cm³/mol. The average Bonchev–Trinajstić information content (AvgIpc) is 1.25. The molecule has 0 spiro atoms. The fraction of sp³-hybridized carbons (Fsp3) is 0. The maximum atomic E-state index is 8.58. The number of hydrogen-bond acceptors (Lipinski definition) is 6. The van der Waals surface area contributed by atoms with Gasteiger partial charge in [0, 0.05) is 0 Å². The van der Waals surface area contributed by atoms with E-state index >= 15 is 0 Å². The molecule has 6 nitrogen and oxygen atoms in total. The van der Waals surface area contributed by atoms with Crippen molar-refractivity contribution < 1.29 is 58.6 Å². The Morgan fingerprint density at radius 2 is 0.700 bits per heavy atom. The molecule has 0 saturated carbocycles. The molecule has 4 radical (unpaired) electrons. The first-order chi connectivity index (χ1) is 3.46. The maximum Gasteiger partial charge on any atom is 2.00 e. The maximum absolute atomic E-state index is 8.58. The van der Waals surface area contributed by atoms with Gasteiger partial charge in [0.1, 0.15) is 0 Å². The Hall–Kier alpha value is 2.71. The van der Waals surface area contributed by atoms with E-state index in [4.69, 9.17) is 21.4 Å². The largest absolute Gasteiger partial charge is 2.00 e. The van der Waals surface area contributed by atoms with E-state index in [1.54, 1.807) is 0 Å². The van der Waals surface area contributed by atoms with Crippen LogP contribution in [0.2, 0.25) is 0 Å². The van der Waals surface area contributed by atoms with E-state index in [-0.39, 0.29) is 54.6 Å². The smallest absolute Gasteiger partial charge is 2.00 e. The van der Waals surface area contributed by atoms with Crippen molar-refractivity contribution >= 4 is 54.6 Å². The Bertz CT molecular complexity index is 71.7. The first-order valence-electron chi connectivity index (χ1n) is 1.22. The van der Waals surface area contributed by atoms with E-state index < -0.39 is 37.2 Å². The van der Waals surface area contributed by atoms with E-state index in [2.05, 4.69) is 0 Å². The number of rotatable bonds is 0. The van der Waals surface area contributed by atoms with Gasteiger partial charge >= 0.3 is 113 Å². The van der Waals surface area contributed by atoms with Crippen molar-refractivity contribution in [2.75, 3.05) is 0 Å². The summed E-state index contributed by atoms with van der Waals surface area (Å²) in [6.45, 7) is 0. The fourth-order valence-electron chi connectivity index (χ4n) is 0. The van der Waals surface area contributed by atoms with Crippen molar-refractivity contribution in [3.05, 3.63) is 0 Å². The van der Waals surface area contributed by atoms with Gasteiger partial charge in [0.05, 0.1) is 0 Å². The van der Waals surface area contributed by atoms with E-state index in [1.165, 1.54) is 0 Å². The summed E-state index contributed by atoms with van der Waals surface area (Å²) in [6, 6.07) is 0. The molecule has 0 atom stereocenters. The molecule has 0 unspecified atom stereocenters. The van der Waals surface area contributed by atoms with Gasteiger partial charge in [-0.25, -0.2) is 0 Å². The van der Waals surface area contributed by atoms with Crippen LogP contribution in [0, 0.1) is 0 Å². The topological polar surface area (TPSA) is 126 Å². The van der Waals surface area contributed by atoms with E-state index in [1.807, 2.05) is 0 Å². The minimum absolute atomic E-state index is 0. The van der Waals surface area contributed by atoms with Crippen molar-refractivity contribution in [3.8, 4) is 0 Å². The Morgan fingerprint density at radius 3 is 0.700 bits per heavy atom. The van der Waals surface area contributed by atoms with Gasteiger partial charge in [-0.1, -0.05) is 0 Å². The van der Waals surface area contributed by atoms with Gasteiger partial charge in [-0.2, -0.15) is 0 Å². The SMILES string of the molecule is [O]=[Ti]([O-])[O-].[O]=[Ti]([O-])[O-].[Pb+2].[Pb+2]. The van der Waals surface area contributed by atoms with Crippen LogP contribution < -0.4 is 14.8 Å². The van der Waals surface area contributed by atoms with Crippen LogP contribution in [0.3, 0.4) is 0 Å². The van der Waals surface area contributed by atoms with Crippen molar-refractivity contribution in [1.82, 2.24) is 0 Å². The summed E-state index contributed by atoms with van der Waals surface area (Å²) in [6.07, 6.45) is 0. The van der Waals surface area contributed by atoms with E-state index in [0.717, 1.165) is 0 Å². The summed E-state index contributed by atoms with van der Waals surface area (Å²) in [4.78, 5) is 0. The van der Waals surface area contributed by atoms with Gasteiger partial charge in [-0.3, -0.25) is 0 Å². The van der Waals surface area contributed by atoms with Crippen LogP contribution >= 0.6 is 0 Å². The van der Waals surface area contributed by atoms with Crippen LogP contribution in [-0.4, -0.2) is 54.6 Å². The quantitative estimate of drug-likeness (QED) is 0.253. The molecule has 0 aromatic carbocycles. The van der Waals surface area contributed by atoms with Crippen LogP contribution in [-0.2, 0) is 43.9 Å². The minimum atomic E-state index is -4.08. The molecular weight excluding hydrogens is 606 g/mol. The molecule has 0 N–H and O–H groups in total. The first kappa shape index (κ1) is 23.0. The minimum Gasteiger partial charge on any atom is 2.00 e. The summed E-state index contributed by atoms with van der Waals surface area (Å²) < 4.78 is 51.5. The van der Waals surface area contributed by atoms with Crippen LogP contribution in [0.25, 0.3) is 0 Å². The molecule has 0 bridgehead atoms. The molecule has 0 saturated heterocycles. The van der Waals surface area contributed by atoms with Gasteiger partial charge in [-0.05, 0) is 0 Å². The summed E-state index contributed by atoms with van der Waals surface area (Å²) in [5.74, 6) is 0. The molecule has 0 aromatic rings. The molecule has 0 aliphatic rings. The molecule has 0 amide bonds. The van der Waals surface area contributed by atoms with Crippen LogP contribution in [0.4, 0.5) is 0 Å². The van der Waals surface area contributed by atoms with Crippen molar-refractivity contribution in [1.29, 1.82) is 0 Å². The molecule has 0 aliphatic heterocycles. The Morgan fingerprint density at radius 1 is 0.700 bits per heavy atom. The zero-order valence-electron chi connectivity index (χ0n) is 4.45. The summed E-state index contributed by atoms with van der Waals surface area (Å²) in [7, 11) is 0. The van der Waals surface area contributed by atoms with Gasteiger partial charge in [-0.15, -0.1) is 0 Å². The molecule has 10 heteroatoms. The van der Waals surface area contributed by atoms with Crippen molar-refractivity contribution in [3.63, 3.8) is 0 Å². The van der Waals surface area contributed by atoms with E-state index in [0.29, 0.717) is 0 Å². The second-order valence-corrected chi connectivity index (χ2v) is 2.06. The first-order valence-corrected chi connectivity index (χ1v) is 5.05. The zero-order valence-corrected chi connectivity index (χ0v) is 15.3. The van der Waals surface area contributed by atoms with Gasteiger partial charge < -0.3 is 0 Å². The molecule has 52 valence electrons. The summed E-state index contributed by atoms with van der Waals surface area (Å²) in [5, 5.41) is 0. The van der Waals surface area contributed by atoms with E-state index in [9.17, 15) is 0 Å². The summed E-state index contributed by atoms with van der Waals surface area (Å²) >= 11 is -8.17. The second kappa shape index (κ2) is 17.7. The van der Waals surface area contributed by atoms with Gasteiger partial charge in [0.2, 0.25) is 0 Å². The molecule has 0 aromatic heterocycles. The summed E-state index contributed by atoms with van der Waals surface area (Å²) in [5.41, 5.74) is 0. The monoisotopic (exact) mass is 608 g/mol. The standard InChI is InChI=1S/6O.2Pb.2Ti/q;;4*-1;2*+2;;. The van der Waals surface area contributed by atoms with Crippen molar-refractivity contribution in [2.24, 2.45) is 0 Å². The molecule has 0 heterocycles.